The van der Waals surface area contributed by atoms with Crippen LogP contribution in [-0.4, -0.2) is 17.5 Å². The molecule has 2 aromatic heterocycles. The maximum absolute atomic E-state index is 9.46. The predicted molar refractivity (Wildman–Crippen MR) is 250 cm³/mol. The molecule has 0 radical (unpaired) electrons. The van der Waals surface area contributed by atoms with Gasteiger partial charge in [0.15, 0.2) is 5.58 Å². The molecule has 0 saturated carbocycles. The Labute approximate surface area is 370 Å². The van der Waals surface area contributed by atoms with Gasteiger partial charge in [-0.1, -0.05) is 146 Å². The summed E-state index contributed by atoms with van der Waals surface area (Å²) in [7, 11) is -5.37. The average Bonchev–Trinajstić information content (AvgIpc) is 3.90. The standard InChI is InChI=1S/C54H40N2OSSi/c1-31-23-27-48-53(50(31)34-24-25-41-39-18-9-8-16-37(39)35-14-6-7-15-36(35)38-17-10-11-19-40(38)43(41)29-34)58-47-28-33(3)42(30-49(47)59(48,4)5)51-32(2)22-26-46-52(51)57-54-55-44-20-12-13-21-45(44)56(46)54/h6-30H,1-5H3/i1D3,2D3,3D3,4D3,5D3. The molecule has 3 nitrogen and oxygen atoms in total. The first-order chi connectivity index (χ1) is 34.9. The van der Waals surface area contributed by atoms with E-state index in [1.807, 2.05) is 66.7 Å². The number of aryl methyl sites for hydroxylation is 3. The highest BCUT2D eigenvalue weighted by molar-refractivity contribution is 8.00. The number of hydrogen-bond donors (Lipinski definition) is 0. The van der Waals surface area contributed by atoms with Crippen LogP contribution in [0.4, 0.5) is 0 Å². The average molecular weight is 808 g/mol. The Morgan fingerprint density at radius 2 is 1.14 bits per heavy atom. The summed E-state index contributed by atoms with van der Waals surface area (Å²) in [5, 5.41) is -0.266. The van der Waals surface area contributed by atoms with Gasteiger partial charge in [-0.05, 0) is 139 Å². The molecule has 1 aliphatic carbocycles. The van der Waals surface area contributed by atoms with Gasteiger partial charge < -0.3 is 4.42 Å². The van der Waals surface area contributed by atoms with Crippen LogP contribution in [0.2, 0.25) is 13.0 Å². The topological polar surface area (TPSA) is 30.4 Å². The van der Waals surface area contributed by atoms with E-state index in [0.717, 1.165) is 56.3 Å². The van der Waals surface area contributed by atoms with E-state index < -0.39 is 47.1 Å². The van der Waals surface area contributed by atoms with E-state index in [1.54, 1.807) is 40.8 Å². The summed E-state index contributed by atoms with van der Waals surface area (Å²) in [4.78, 5) is 4.67. The minimum absolute atomic E-state index is 0.0137. The maximum atomic E-state index is 9.46. The summed E-state index contributed by atoms with van der Waals surface area (Å²) >= 11 is 0.919. The van der Waals surface area contributed by atoms with Gasteiger partial charge in [0.1, 0.15) is 8.07 Å². The summed E-state index contributed by atoms with van der Waals surface area (Å²) in [6, 6.07) is 44.7. The number of hydrogen-bond acceptors (Lipinski definition) is 3. The van der Waals surface area contributed by atoms with E-state index in [2.05, 4.69) is 23.2 Å². The monoisotopic (exact) mass is 807 g/mol. The van der Waals surface area contributed by atoms with Crippen molar-refractivity contribution in [3.05, 3.63) is 168 Å². The van der Waals surface area contributed by atoms with Crippen LogP contribution in [-0.2, 0) is 0 Å². The zero-order valence-corrected chi connectivity index (χ0v) is 33.0. The zero-order chi connectivity index (χ0) is 52.2. The molecule has 0 atom stereocenters. The molecule has 12 rings (SSSR count). The Morgan fingerprint density at radius 1 is 0.525 bits per heavy atom. The van der Waals surface area contributed by atoms with Gasteiger partial charge in [0.05, 0.1) is 16.6 Å². The van der Waals surface area contributed by atoms with Crippen molar-refractivity contribution in [2.45, 2.75) is 43.3 Å². The number of imidazole rings is 1. The fourth-order valence-electron chi connectivity index (χ4n) is 9.22. The predicted octanol–water partition coefficient (Wildman–Crippen LogP) is 13.8. The number of nitrogens with zero attached hydrogens (tertiary/aromatic N) is 2. The molecule has 0 bridgehead atoms. The van der Waals surface area contributed by atoms with Crippen molar-refractivity contribution in [3.8, 4) is 66.8 Å². The molecule has 59 heavy (non-hydrogen) atoms. The van der Waals surface area contributed by atoms with Crippen LogP contribution in [0.3, 0.4) is 0 Å². The lowest BCUT2D eigenvalue weighted by Gasteiger charge is -2.35. The zero-order valence-electron chi connectivity index (χ0n) is 46.1. The van der Waals surface area contributed by atoms with Gasteiger partial charge in [0.2, 0.25) is 0 Å². The smallest absolute Gasteiger partial charge is 0.307 e. The lowest BCUT2D eigenvalue weighted by atomic mass is 9.80. The minimum atomic E-state index is -5.37. The second kappa shape index (κ2) is 12.5. The summed E-state index contributed by atoms with van der Waals surface area (Å²) in [5.74, 6) is 0.0835. The van der Waals surface area contributed by atoms with Crippen LogP contribution in [0.15, 0.2) is 166 Å². The van der Waals surface area contributed by atoms with Gasteiger partial charge in [-0.15, -0.1) is 0 Å². The van der Waals surface area contributed by atoms with Crippen LogP contribution >= 0.6 is 11.8 Å². The lowest BCUT2D eigenvalue weighted by molar-refractivity contribution is 0.644. The highest BCUT2D eigenvalue weighted by atomic mass is 32.2. The van der Waals surface area contributed by atoms with E-state index in [9.17, 15) is 8.22 Å². The Kier molecular flexibility index (Phi) is 4.82. The minimum Gasteiger partial charge on any atom is -0.422 e. The van der Waals surface area contributed by atoms with Gasteiger partial charge in [-0.2, -0.15) is 4.98 Å². The molecule has 0 fully saturated rings. The van der Waals surface area contributed by atoms with Gasteiger partial charge in [-0.3, -0.25) is 4.40 Å². The molecule has 0 saturated heterocycles. The number of para-hydroxylation sites is 2. The van der Waals surface area contributed by atoms with Crippen molar-refractivity contribution < 1.29 is 25.0 Å². The molecule has 0 unspecified atom stereocenters. The number of fused-ring (bicyclic) bond motifs is 15. The Bertz CT molecular complexity index is 3990. The fourth-order valence-corrected chi connectivity index (χ4v) is 13.4. The molecule has 10 aromatic rings. The SMILES string of the molecule is [2H]C([2H])([2H])c1cc2c(cc1-c1c(C([2H])([2H])[2H])ccc3c1oc1nc4ccccc4n13)[Si](C([2H])([2H])[2H])(C([2H])([2H])[2H])c1ccc(C([2H])([2H])[2H])c(-c3ccc4c(c3)-c3ccccc3-c3ccccc3-c3ccccc3-4)c1S2. The lowest BCUT2D eigenvalue weighted by Crippen LogP contribution is -2.56. The second-order valence-electron chi connectivity index (χ2n) is 15.2. The first-order valence-electron chi connectivity index (χ1n) is 26.7. The van der Waals surface area contributed by atoms with E-state index >= 15 is 0 Å². The van der Waals surface area contributed by atoms with E-state index in [0.29, 0.717) is 22.1 Å². The third-order valence-corrected chi connectivity index (χ3v) is 15.9. The first kappa shape index (κ1) is 22.7. The van der Waals surface area contributed by atoms with E-state index in [4.69, 9.17) is 16.8 Å². The summed E-state index contributed by atoms with van der Waals surface area (Å²) in [6.45, 7) is -15.3. The van der Waals surface area contributed by atoms with Crippen LogP contribution in [0.5, 0.6) is 0 Å². The van der Waals surface area contributed by atoms with Crippen molar-refractivity contribution in [1.82, 2.24) is 9.38 Å². The van der Waals surface area contributed by atoms with Crippen LogP contribution in [0, 0.1) is 20.6 Å². The van der Waals surface area contributed by atoms with E-state index in [1.165, 1.54) is 30.3 Å². The van der Waals surface area contributed by atoms with E-state index in [-0.39, 0.29) is 59.4 Å². The largest absolute Gasteiger partial charge is 0.422 e. The van der Waals surface area contributed by atoms with Crippen LogP contribution in [0.25, 0.3) is 94.7 Å². The Balaban J connectivity index is 1.17. The molecule has 3 heterocycles. The number of oxazole rings is 1. The molecular formula is C54H40N2OSSi. The summed E-state index contributed by atoms with van der Waals surface area (Å²) < 4.78 is 145. The van der Waals surface area contributed by atoms with Gasteiger partial charge in [0.25, 0.3) is 0 Å². The molecule has 282 valence electrons. The molecule has 0 amide bonds. The van der Waals surface area contributed by atoms with Gasteiger partial charge in [-0.25, -0.2) is 0 Å². The van der Waals surface area contributed by atoms with Crippen molar-refractivity contribution in [2.24, 2.45) is 0 Å². The van der Waals surface area contributed by atoms with Crippen molar-refractivity contribution in [3.63, 3.8) is 0 Å². The quantitative estimate of drug-likeness (QED) is 0.163. The maximum Gasteiger partial charge on any atom is 0.307 e. The number of benzene rings is 8. The molecular weight excluding hydrogens is 753 g/mol. The molecule has 5 heteroatoms. The van der Waals surface area contributed by atoms with Gasteiger partial charge in [0, 0.05) is 35.9 Å². The number of rotatable bonds is 2. The van der Waals surface area contributed by atoms with Crippen LogP contribution < -0.4 is 10.4 Å². The molecule has 8 aromatic carbocycles. The summed E-state index contributed by atoms with van der Waals surface area (Å²) in [5.41, 5.74) is 7.95. The van der Waals surface area contributed by atoms with Crippen molar-refractivity contribution in [2.75, 3.05) is 0 Å². The Hall–Kier alpha value is -6.40. The first-order valence-corrected chi connectivity index (χ1v) is 22.0. The van der Waals surface area contributed by atoms with Crippen molar-refractivity contribution >= 4 is 58.2 Å². The Morgan fingerprint density at radius 3 is 1.81 bits per heavy atom. The molecule has 0 N–H and O–H groups in total. The molecule has 0 spiro atoms. The fraction of sp³-hybridized carbons (Fsp3) is 0.0926. The normalized spacial score (nSPS) is 18.4. The van der Waals surface area contributed by atoms with Gasteiger partial charge >= 0.3 is 5.84 Å². The van der Waals surface area contributed by atoms with Crippen LogP contribution in [0.1, 0.15) is 37.3 Å². The summed E-state index contributed by atoms with van der Waals surface area (Å²) in [6.07, 6.45) is 0. The third-order valence-electron chi connectivity index (χ3n) is 11.9. The third kappa shape index (κ3) is 4.92. The molecule has 2 aliphatic rings. The highest BCUT2D eigenvalue weighted by Crippen LogP contribution is 2.50. The second-order valence-corrected chi connectivity index (χ2v) is 18.8. The molecule has 1 aliphatic heterocycles. The highest BCUT2D eigenvalue weighted by Gasteiger charge is 2.38. The van der Waals surface area contributed by atoms with Crippen molar-refractivity contribution in [1.29, 1.82) is 0 Å². The number of aromatic nitrogens is 2.